The first-order chi connectivity index (χ1) is 8.00. The van der Waals surface area contributed by atoms with E-state index in [1.165, 1.54) is 0 Å². The molecule has 0 radical (unpaired) electrons. The lowest BCUT2D eigenvalue weighted by Gasteiger charge is -2.23. The van der Waals surface area contributed by atoms with Crippen LogP contribution in [-0.4, -0.2) is 24.4 Å². The Morgan fingerprint density at radius 1 is 1.17 bits per heavy atom. The topological polar surface area (TPSA) is 26.3 Å². The lowest BCUT2D eigenvalue weighted by atomic mass is 10.1. The number of halogens is 6. The highest BCUT2D eigenvalue weighted by atomic mass is 19.4. The number of esters is 1. The molecule has 0 aromatic rings. The Bertz CT molecular complexity index is 290. The molecule has 0 N–H and O–H groups in total. The van der Waals surface area contributed by atoms with Gasteiger partial charge in [0.05, 0.1) is 0 Å². The first kappa shape index (κ1) is 16.8. The molecule has 0 spiro atoms. The molecule has 0 aliphatic rings. The summed E-state index contributed by atoms with van der Waals surface area (Å²) in [5, 5.41) is 0. The summed E-state index contributed by atoms with van der Waals surface area (Å²) in [5.74, 6) is -1.68. The Balaban J connectivity index is 4.71. The number of rotatable bonds is 5. The minimum atomic E-state index is -5.70. The van der Waals surface area contributed by atoms with Gasteiger partial charge in [-0.3, -0.25) is 0 Å². The summed E-state index contributed by atoms with van der Waals surface area (Å²) in [6, 6.07) is 0. The van der Waals surface area contributed by atoms with Gasteiger partial charge in [0.1, 0.15) is 0 Å². The van der Waals surface area contributed by atoms with Crippen LogP contribution in [0, 0.1) is 0 Å². The molecule has 106 valence electrons. The van der Waals surface area contributed by atoms with Gasteiger partial charge in [0.2, 0.25) is 0 Å². The molecule has 0 heterocycles. The van der Waals surface area contributed by atoms with Gasteiger partial charge in [-0.2, -0.15) is 26.3 Å². The van der Waals surface area contributed by atoms with Crippen molar-refractivity contribution in [2.24, 2.45) is 0 Å². The Hall–Kier alpha value is -1.21. The van der Waals surface area contributed by atoms with E-state index < -0.39 is 30.0 Å². The highest BCUT2D eigenvalue weighted by Crippen LogP contribution is 2.36. The maximum absolute atomic E-state index is 12.1. The third-order valence-corrected chi connectivity index (χ3v) is 1.94. The molecule has 18 heavy (non-hydrogen) atoms. The number of ether oxygens (including phenoxy) is 1. The summed E-state index contributed by atoms with van der Waals surface area (Å²) in [6.45, 7) is 4.84. The number of carbonyl (C=O) groups excluding carboxylic acids is 1. The van der Waals surface area contributed by atoms with Crippen LogP contribution in [0.25, 0.3) is 0 Å². The number of hydrogen-bond donors (Lipinski definition) is 0. The molecule has 0 rings (SSSR count). The lowest BCUT2D eigenvalue weighted by Crippen LogP contribution is -2.45. The van der Waals surface area contributed by atoms with Crippen LogP contribution in [0.1, 0.15) is 26.2 Å². The summed E-state index contributed by atoms with van der Waals surface area (Å²) >= 11 is 0. The van der Waals surface area contributed by atoms with E-state index in [1.807, 2.05) is 0 Å². The van der Waals surface area contributed by atoms with Crippen molar-refractivity contribution in [2.75, 3.05) is 0 Å². The van der Waals surface area contributed by atoms with Crippen LogP contribution in [0.2, 0.25) is 0 Å². The van der Waals surface area contributed by atoms with Gasteiger partial charge in [-0.05, 0) is 12.8 Å². The second-order valence-electron chi connectivity index (χ2n) is 3.58. The third kappa shape index (κ3) is 5.42. The number of alkyl halides is 6. The summed E-state index contributed by atoms with van der Waals surface area (Å²) in [6.07, 6.45) is -14.5. The van der Waals surface area contributed by atoms with Crippen LogP contribution in [0.5, 0.6) is 0 Å². The van der Waals surface area contributed by atoms with Gasteiger partial charge in [0, 0.05) is 5.57 Å². The molecule has 0 aliphatic carbocycles. The van der Waals surface area contributed by atoms with Crippen molar-refractivity contribution in [1.82, 2.24) is 0 Å². The smallest absolute Gasteiger partial charge is 0.434 e. The molecule has 0 unspecified atom stereocenters. The predicted molar refractivity (Wildman–Crippen MR) is 50.7 cm³/mol. The average Bonchev–Trinajstić information content (AvgIpc) is 2.18. The summed E-state index contributed by atoms with van der Waals surface area (Å²) in [5.41, 5.74) is -0.407. The second kappa shape index (κ2) is 6.10. The molecule has 8 heteroatoms. The van der Waals surface area contributed by atoms with E-state index in [1.54, 1.807) is 6.92 Å². The number of hydrogen-bond acceptors (Lipinski definition) is 2. The molecule has 0 atom stereocenters. The summed E-state index contributed by atoms with van der Waals surface area (Å²) in [7, 11) is 0. The van der Waals surface area contributed by atoms with E-state index in [0.29, 0.717) is 12.8 Å². The van der Waals surface area contributed by atoms with Crippen molar-refractivity contribution in [3.05, 3.63) is 12.2 Å². The predicted octanol–water partition coefficient (Wildman–Crippen LogP) is 3.77. The van der Waals surface area contributed by atoms with Crippen molar-refractivity contribution in [1.29, 1.82) is 0 Å². The molecule has 0 fully saturated rings. The van der Waals surface area contributed by atoms with Crippen LogP contribution < -0.4 is 0 Å². The van der Waals surface area contributed by atoms with Crippen LogP contribution >= 0.6 is 0 Å². The second-order valence-corrected chi connectivity index (χ2v) is 3.58. The van der Waals surface area contributed by atoms with Gasteiger partial charge < -0.3 is 4.74 Å². The lowest BCUT2D eigenvalue weighted by molar-refractivity contribution is -0.312. The van der Waals surface area contributed by atoms with Crippen LogP contribution in [0.4, 0.5) is 26.3 Å². The molecule has 0 saturated heterocycles. The van der Waals surface area contributed by atoms with Crippen molar-refractivity contribution < 1.29 is 35.9 Å². The summed E-state index contributed by atoms with van der Waals surface area (Å²) < 4.78 is 75.8. The first-order valence-electron chi connectivity index (χ1n) is 5.02. The molecule has 0 aromatic heterocycles. The highest BCUT2D eigenvalue weighted by molar-refractivity contribution is 5.87. The maximum Gasteiger partial charge on any atom is 0.434 e. The Labute approximate surface area is 99.6 Å². The zero-order chi connectivity index (χ0) is 14.6. The standard InChI is InChI=1S/C10H12F6O2/c1-3-4-5-6(2)7(17)18-8(9(11,12)13)10(14,15)16/h8H,2-5H2,1H3. The fourth-order valence-electron chi connectivity index (χ4n) is 1.00. The SMILES string of the molecule is C=C(CCCC)C(=O)OC(C(F)(F)F)C(F)(F)F. The van der Waals surface area contributed by atoms with Gasteiger partial charge in [-0.15, -0.1) is 0 Å². The Kier molecular flexibility index (Phi) is 5.69. The van der Waals surface area contributed by atoms with Crippen LogP contribution in [0.15, 0.2) is 12.2 Å². The van der Waals surface area contributed by atoms with Crippen molar-refractivity contribution >= 4 is 5.97 Å². The molecule has 0 amide bonds. The van der Waals surface area contributed by atoms with Gasteiger partial charge in [0.25, 0.3) is 6.10 Å². The molecular weight excluding hydrogens is 266 g/mol. The zero-order valence-electron chi connectivity index (χ0n) is 9.49. The number of carbonyl (C=O) groups is 1. The van der Waals surface area contributed by atoms with Crippen molar-refractivity contribution in [2.45, 2.75) is 44.6 Å². The fraction of sp³-hybridized carbons (Fsp3) is 0.700. The van der Waals surface area contributed by atoms with Gasteiger partial charge in [-0.1, -0.05) is 19.9 Å². The van der Waals surface area contributed by atoms with Crippen LogP contribution in [-0.2, 0) is 9.53 Å². The number of unbranched alkanes of at least 4 members (excludes halogenated alkanes) is 1. The molecule has 2 nitrogen and oxygen atoms in total. The third-order valence-electron chi connectivity index (χ3n) is 1.94. The fourth-order valence-corrected chi connectivity index (χ4v) is 1.00. The zero-order valence-corrected chi connectivity index (χ0v) is 9.49. The van der Waals surface area contributed by atoms with Gasteiger partial charge in [0.15, 0.2) is 0 Å². The van der Waals surface area contributed by atoms with E-state index >= 15 is 0 Å². The highest BCUT2D eigenvalue weighted by Gasteiger charge is 2.59. The Morgan fingerprint density at radius 2 is 1.61 bits per heavy atom. The molecule has 0 aliphatic heterocycles. The quantitative estimate of drug-likeness (QED) is 0.434. The monoisotopic (exact) mass is 278 g/mol. The first-order valence-corrected chi connectivity index (χ1v) is 5.02. The van der Waals surface area contributed by atoms with E-state index in [-0.39, 0.29) is 6.42 Å². The molecule has 0 saturated carbocycles. The van der Waals surface area contributed by atoms with Gasteiger partial charge in [-0.25, -0.2) is 4.79 Å². The normalized spacial score (nSPS) is 12.7. The van der Waals surface area contributed by atoms with Crippen molar-refractivity contribution in [3.8, 4) is 0 Å². The molecule has 0 bridgehead atoms. The summed E-state index contributed by atoms with van der Waals surface area (Å²) in [4.78, 5) is 11.0. The minimum Gasteiger partial charge on any atom is -0.439 e. The van der Waals surface area contributed by atoms with E-state index in [4.69, 9.17) is 0 Å². The maximum atomic E-state index is 12.1. The molecular formula is C10H12F6O2. The Morgan fingerprint density at radius 3 is 1.94 bits per heavy atom. The van der Waals surface area contributed by atoms with Gasteiger partial charge >= 0.3 is 18.3 Å². The minimum absolute atomic E-state index is 0.00221. The largest absolute Gasteiger partial charge is 0.439 e. The van der Waals surface area contributed by atoms with Crippen molar-refractivity contribution in [3.63, 3.8) is 0 Å². The van der Waals surface area contributed by atoms with E-state index in [0.717, 1.165) is 0 Å². The van der Waals surface area contributed by atoms with Crippen LogP contribution in [0.3, 0.4) is 0 Å². The van der Waals surface area contributed by atoms with E-state index in [2.05, 4.69) is 11.3 Å². The average molecular weight is 278 g/mol. The molecule has 0 aromatic carbocycles. The van der Waals surface area contributed by atoms with E-state index in [9.17, 15) is 31.1 Å².